The van der Waals surface area contributed by atoms with Crippen LogP contribution >= 0.6 is 0 Å². The fraction of sp³-hybridized carbons (Fsp3) is 0.667. The van der Waals surface area contributed by atoms with Gasteiger partial charge in [0.25, 0.3) is 0 Å². The molecule has 0 aliphatic rings. The van der Waals surface area contributed by atoms with Crippen LogP contribution in [0.2, 0.25) is 0 Å². The number of ether oxygens (including phenoxy) is 3. The van der Waals surface area contributed by atoms with Crippen molar-refractivity contribution in [2.45, 2.75) is 32.9 Å². The lowest BCUT2D eigenvalue weighted by molar-refractivity contribution is 0.0803. The number of nitrogens with one attached hydrogen (secondary N) is 1. The van der Waals surface area contributed by atoms with Crippen molar-refractivity contribution in [1.29, 1.82) is 0 Å². The fourth-order valence-corrected chi connectivity index (χ4v) is 1.62. The first-order chi connectivity index (χ1) is 9.74. The molecule has 1 rings (SSSR count). The highest BCUT2D eigenvalue weighted by atomic mass is 16.5. The topological polar surface area (TPSA) is 52.6 Å². The van der Waals surface area contributed by atoms with Crippen molar-refractivity contribution in [3.8, 4) is 5.75 Å². The Morgan fingerprint density at radius 3 is 2.80 bits per heavy atom. The summed E-state index contributed by atoms with van der Waals surface area (Å²) in [7, 11) is 1.69. The lowest BCUT2D eigenvalue weighted by Gasteiger charge is -2.13. The summed E-state index contributed by atoms with van der Waals surface area (Å²) in [4.78, 5) is 4.14. The van der Waals surface area contributed by atoms with Gasteiger partial charge in [0.05, 0.1) is 6.61 Å². The first kappa shape index (κ1) is 16.9. The predicted molar refractivity (Wildman–Crippen MR) is 79.0 cm³/mol. The molecule has 0 spiro atoms. The van der Waals surface area contributed by atoms with E-state index in [0.29, 0.717) is 25.9 Å². The minimum absolute atomic E-state index is 0.437. The van der Waals surface area contributed by atoms with Crippen LogP contribution in [0.5, 0.6) is 5.75 Å². The van der Waals surface area contributed by atoms with Gasteiger partial charge in [-0.25, -0.2) is 0 Å². The average Bonchev–Trinajstić information content (AvgIpc) is 2.45. The Bertz CT molecular complexity index is 359. The van der Waals surface area contributed by atoms with Crippen LogP contribution in [0, 0.1) is 0 Å². The van der Waals surface area contributed by atoms with E-state index >= 15 is 0 Å². The van der Waals surface area contributed by atoms with Crippen molar-refractivity contribution in [3.63, 3.8) is 0 Å². The SMILES string of the molecule is COCCCOCCOc1ccncc1CNC(C)C. The van der Waals surface area contributed by atoms with Crippen LogP contribution in [0.15, 0.2) is 18.5 Å². The Balaban J connectivity index is 2.25. The smallest absolute Gasteiger partial charge is 0.126 e. The Morgan fingerprint density at radius 2 is 2.05 bits per heavy atom. The zero-order chi connectivity index (χ0) is 14.6. The van der Waals surface area contributed by atoms with Crippen LogP contribution in [0.25, 0.3) is 0 Å². The van der Waals surface area contributed by atoms with E-state index in [1.54, 1.807) is 13.3 Å². The summed E-state index contributed by atoms with van der Waals surface area (Å²) in [5, 5.41) is 3.36. The third-order valence-corrected chi connectivity index (χ3v) is 2.68. The van der Waals surface area contributed by atoms with Gasteiger partial charge in [-0.1, -0.05) is 13.8 Å². The van der Waals surface area contributed by atoms with E-state index in [4.69, 9.17) is 14.2 Å². The van der Waals surface area contributed by atoms with Crippen LogP contribution in [-0.2, 0) is 16.0 Å². The highest BCUT2D eigenvalue weighted by Gasteiger charge is 2.04. The molecule has 5 nitrogen and oxygen atoms in total. The Kier molecular flexibility index (Phi) is 8.95. The largest absolute Gasteiger partial charge is 0.491 e. The lowest BCUT2D eigenvalue weighted by atomic mass is 10.2. The molecule has 1 aromatic heterocycles. The zero-order valence-electron chi connectivity index (χ0n) is 12.7. The number of nitrogens with zero attached hydrogens (tertiary/aromatic N) is 1. The molecule has 1 N–H and O–H groups in total. The van der Waals surface area contributed by atoms with Gasteiger partial charge in [0, 0.05) is 50.9 Å². The summed E-state index contributed by atoms with van der Waals surface area (Å²) in [5.41, 5.74) is 1.07. The molecule has 0 aromatic carbocycles. The summed E-state index contributed by atoms with van der Waals surface area (Å²) in [6.45, 7) is 7.56. The molecule has 0 aliphatic heterocycles. The van der Waals surface area contributed by atoms with Crippen molar-refractivity contribution >= 4 is 0 Å². The predicted octanol–water partition coefficient (Wildman–Crippen LogP) is 2.01. The molecule has 0 radical (unpaired) electrons. The Morgan fingerprint density at radius 1 is 1.20 bits per heavy atom. The summed E-state index contributed by atoms with van der Waals surface area (Å²) in [6, 6.07) is 2.33. The molecule has 20 heavy (non-hydrogen) atoms. The molecule has 0 saturated heterocycles. The van der Waals surface area contributed by atoms with E-state index in [1.807, 2.05) is 12.3 Å². The van der Waals surface area contributed by atoms with Gasteiger partial charge in [0.2, 0.25) is 0 Å². The van der Waals surface area contributed by atoms with E-state index in [9.17, 15) is 0 Å². The van der Waals surface area contributed by atoms with Gasteiger partial charge in [-0.3, -0.25) is 4.98 Å². The van der Waals surface area contributed by atoms with Crippen molar-refractivity contribution in [1.82, 2.24) is 10.3 Å². The van der Waals surface area contributed by atoms with Crippen LogP contribution in [-0.4, -0.2) is 44.6 Å². The summed E-state index contributed by atoms with van der Waals surface area (Å²) in [6.07, 6.45) is 4.49. The van der Waals surface area contributed by atoms with Crippen molar-refractivity contribution in [3.05, 3.63) is 24.0 Å². The Labute approximate surface area is 121 Å². The first-order valence-corrected chi connectivity index (χ1v) is 7.09. The second-order valence-corrected chi connectivity index (χ2v) is 4.83. The maximum absolute atomic E-state index is 5.74. The van der Waals surface area contributed by atoms with E-state index < -0.39 is 0 Å². The molecule has 0 amide bonds. The van der Waals surface area contributed by atoms with Crippen LogP contribution in [0.1, 0.15) is 25.8 Å². The van der Waals surface area contributed by atoms with E-state index in [-0.39, 0.29) is 0 Å². The minimum Gasteiger partial charge on any atom is -0.491 e. The van der Waals surface area contributed by atoms with Gasteiger partial charge < -0.3 is 19.5 Å². The maximum Gasteiger partial charge on any atom is 0.126 e. The molecule has 0 fully saturated rings. The molecule has 0 atom stereocenters. The molecular weight excluding hydrogens is 256 g/mol. The van der Waals surface area contributed by atoms with E-state index in [2.05, 4.69) is 24.1 Å². The van der Waals surface area contributed by atoms with Crippen LogP contribution in [0.3, 0.4) is 0 Å². The summed E-state index contributed by atoms with van der Waals surface area (Å²) in [5.74, 6) is 0.869. The average molecular weight is 282 g/mol. The third-order valence-electron chi connectivity index (χ3n) is 2.68. The first-order valence-electron chi connectivity index (χ1n) is 7.09. The molecule has 114 valence electrons. The van der Waals surface area contributed by atoms with E-state index in [1.165, 1.54) is 0 Å². The number of methoxy groups -OCH3 is 1. The van der Waals surface area contributed by atoms with E-state index in [0.717, 1.165) is 30.9 Å². The normalized spacial score (nSPS) is 11.0. The van der Waals surface area contributed by atoms with Gasteiger partial charge in [0.1, 0.15) is 12.4 Å². The number of rotatable bonds is 11. The lowest BCUT2D eigenvalue weighted by Crippen LogP contribution is -2.22. The fourth-order valence-electron chi connectivity index (χ4n) is 1.62. The molecule has 0 unspecified atom stereocenters. The molecule has 0 saturated carbocycles. The maximum atomic E-state index is 5.74. The second kappa shape index (κ2) is 10.6. The summed E-state index contributed by atoms with van der Waals surface area (Å²) >= 11 is 0. The number of hydrogen-bond acceptors (Lipinski definition) is 5. The minimum atomic E-state index is 0.437. The zero-order valence-corrected chi connectivity index (χ0v) is 12.7. The van der Waals surface area contributed by atoms with Gasteiger partial charge in [-0.15, -0.1) is 0 Å². The molecule has 5 heteroatoms. The number of pyridine rings is 1. The Hall–Kier alpha value is -1.17. The number of hydrogen-bond donors (Lipinski definition) is 1. The van der Waals surface area contributed by atoms with Crippen LogP contribution in [0.4, 0.5) is 0 Å². The van der Waals surface area contributed by atoms with Gasteiger partial charge in [-0.05, 0) is 12.5 Å². The second-order valence-electron chi connectivity index (χ2n) is 4.83. The molecule has 1 heterocycles. The van der Waals surface area contributed by atoms with Crippen LogP contribution < -0.4 is 10.1 Å². The molecule has 1 aromatic rings. The quantitative estimate of drug-likeness (QED) is 0.629. The molecular formula is C15H26N2O3. The van der Waals surface area contributed by atoms with Gasteiger partial charge in [-0.2, -0.15) is 0 Å². The van der Waals surface area contributed by atoms with Gasteiger partial charge >= 0.3 is 0 Å². The molecule has 0 aliphatic carbocycles. The third kappa shape index (κ3) is 7.43. The van der Waals surface area contributed by atoms with Crippen molar-refractivity contribution in [2.75, 3.05) is 33.5 Å². The molecule has 0 bridgehead atoms. The monoisotopic (exact) mass is 282 g/mol. The summed E-state index contributed by atoms with van der Waals surface area (Å²) < 4.78 is 16.2. The number of aromatic nitrogens is 1. The highest BCUT2D eigenvalue weighted by molar-refractivity contribution is 5.29. The van der Waals surface area contributed by atoms with Crippen molar-refractivity contribution < 1.29 is 14.2 Å². The van der Waals surface area contributed by atoms with Crippen molar-refractivity contribution in [2.24, 2.45) is 0 Å². The van der Waals surface area contributed by atoms with Gasteiger partial charge in [0.15, 0.2) is 0 Å². The highest BCUT2D eigenvalue weighted by Crippen LogP contribution is 2.16. The standard InChI is InChI=1S/C15H26N2O3/c1-13(2)17-12-14-11-16-6-5-15(14)20-10-9-19-8-4-7-18-3/h5-6,11,13,17H,4,7-10,12H2,1-3H3.